The molecule has 4 aromatic carbocycles. The summed E-state index contributed by atoms with van der Waals surface area (Å²) in [5.74, 6) is -0.577. The number of aromatic hydroxyl groups is 1. The van der Waals surface area contributed by atoms with Crippen LogP contribution in [0, 0.1) is 11.7 Å². The number of aryl methyl sites for hydroxylation is 1. The number of hydrogen-bond acceptors (Lipinski definition) is 16. The normalized spacial score (nSPS) is 19.9. The molecule has 5 fully saturated rings. The van der Waals surface area contributed by atoms with Crippen LogP contribution in [0.15, 0.2) is 104 Å². The molecule has 0 spiro atoms. The van der Waals surface area contributed by atoms with Crippen molar-refractivity contribution in [1.82, 2.24) is 50.5 Å². The standard InChI is InChI=1S/C63H67ClFN11O8/c1-4-46-51(65)17-16-40-24-43(78)25-48(55(40)46)56-59(57-49(28-68-56)60(74-30-41-6-5-7-42(74)27-67-41)71-63(70-57)84-45-19-22-82-23-20-45)83-34-36-8-10-38(11-9-36)52-32-76(73-72-52)58(35(2)3)62(81)75-31-44(79)26-54(75)61(80)69-53(33-77)39-14-12-37(13-15-39)47-18-21-66-29-50(47)64/h8-18,21,24-25,28-29,32,35,41-42,44-45,53-54,58,67,77-79H,4-7,19-20,22-23,26-27,30-31,33-34H2,1-3H3,(H,69,80)/t41?,42?,44-,53+,54+,58+/m1/s1. The van der Waals surface area contributed by atoms with Crippen molar-refractivity contribution >= 4 is 50.9 Å². The maximum absolute atomic E-state index is 15.8. The van der Waals surface area contributed by atoms with Gasteiger partial charge < -0.3 is 50.0 Å². The molecule has 0 aliphatic carbocycles. The van der Waals surface area contributed by atoms with E-state index in [-0.39, 0.29) is 61.3 Å². The smallest absolute Gasteiger partial charge is 0.319 e. The van der Waals surface area contributed by atoms with Crippen LogP contribution < -0.4 is 25.0 Å². The van der Waals surface area contributed by atoms with Crippen LogP contribution in [0.1, 0.15) is 88.1 Å². The molecule has 5 aliphatic heterocycles. The molecule has 0 radical (unpaired) electrons. The minimum atomic E-state index is -1.01. The summed E-state index contributed by atoms with van der Waals surface area (Å²) < 4.78 is 36.5. The van der Waals surface area contributed by atoms with E-state index in [0.29, 0.717) is 104 Å². The monoisotopic (exact) mass is 1160 g/mol. The molecule has 5 saturated heterocycles. The molecule has 8 aromatic rings. The predicted molar refractivity (Wildman–Crippen MR) is 315 cm³/mol. The lowest BCUT2D eigenvalue weighted by atomic mass is 9.94. The molecule has 2 amide bonds. The van der Waals surface area contributed by atoms with Gasteiger partial charge in [0.25, 0.3) is 0 Å². The number of anilines is 1. The van der Waals surface area contributed by atoms with E-state index in [4.69, 9.17) is 40.8 Å². The highest BCUT2D eigenvalue weighted by Crippen LogP contribution is 2.45. The number of halogens is 2. The quantitative estimate of drug-likeness (QED) is 0.0573. The molecule has 6 atom stereocenters. The van der Waals surface area contributed by atoms with E-state index >= 15 is 4.39 Å². The number of pyridine rings is 2. The van der Waals surface area contributed by atoms with Crippen molar-refractivity contribution in [3.8, 4) is 51.2 Å². The maximum atomic E-state index is 15.8. The van der Waals surface area contributed by atoms with E-state index in [0.717, 1.165) is 49.0 Å². The Morgan fingerprint density at radius 3 is 2.51 bits per heavy atom. The third-order valence-electron chi connectivity index (χ3n) is 16.8. The summed E-state index contributed by atoms with van der Waals surface area (Å²) in [6.07, 6.45) is 10.5. The summed E-state index contributed by atoms with van der Waals surface area (Å²) in [7, 11) is 0. The molecule has 2 unspecified atom stereocenters. The third-order valence-corrected chi connectivity index (χ3v) is 17.1. The van der Waals surface area contributed by atoms with Gasteiger partial charge >= 0.3 is 6.01 Å². The fourth-order valence-corrected chi connectivity index (χ4v) is 12.7. The summed E-state index contributed by atoms with van der Waals surface area (Å²) >= 11 is 6.38. The molecule has 9 heterocycles. The molecule has 5 N–H and O–H groups in total. The number of likely N-dealkylation sites (tertiary alicyclic amines) is 1. The molecule has 21 heteroatoms. The number of nitrogens with one attached hydrogen (secondary N) is 2. The molecule has 0 saturated carbocycles. The highest BCUT2D eigenvalue weighted by Gasteiger charge is 2.43. The van der Waals surface area contributed by atoms with E-state index in [2.05, 4.69) is 30.8 Å². The Labute approximate surface area is 490 Å². The molecule has 2 bridgehead atoms. The number of aliphatic hydroxyl groups is 2. The minimum absolute atomic E-state index is 0.0155. The van der Waals surface area contributed by atoms with Crippen LogP contribution in [-0.2, 0) is 27.4 Å². The molecular formula is C63H67ClFN11O8. The zero-order chi connectivity index (χ0) is 58.2. The fourth-order valence-electron chi connectivity index (χ4n) is 12.4. The van der Waals surface area contributed by atoms with Crippen LogP contribution in [0.25, 0.3) is 55.3 Å². The van der Waals surface area contributed by atoms with Gasteiger partial charge in [-0.05, 0) is 88.9 Å². The molecule has 436 valence electrons. The van der Waals surface area contributed by atoms with Crippen LogP contribution in [0.2, 0.25) is 5.02 Å². The predicted octanol–water partition coefficient (Wildman–Crippen LogP) is 8.70. The van der Waals surface area contributed by atoms with Gasteiger partial charge in [0.2, 0.25) is 11.8 Å². The number of aliphatic hydroxyl groups excluding tert-OH is 2. The minimum Gasteiger partial charge on any atom is -0.508 e. The van der Waals surface area contributed by atoms with Gasteiger partial charge in [-0.25, -0.2) is 9.07 Å². The number of phenols is 1. The first kappa shape index (κ1) is 56.6. The Hall–Kier alpha value is -7.88. The number of fused-ring (bicyclic) bond motifs is 6. The number of hydrogen-bond donors (Lipinski definition) is 5. The average molecular weight is 1160 g/mol. The van der Waals surface area contributed by atoms with Crippen molar-refractivity contribution in [2.45, 2.75) is 115 Å². The van der Waals surface area contributed by atoms with Crippen LogP contribution >= 0.6 is 11.6 Å². The van der Waals surface area contributed by atoms with E-state index in [9.17, 15) is 24.9 Å². The third kappa shape index (κ3) is 11.4. The van der Waals surface area contributed by atoms with Crippen LogP contribution in [0.3, 0.4) is 0 Å². The molecule has 13 rings (SSSR count). The lowest BCUT2D eigenvalue weighted by Crippen LogP contribution is -2.54. The second kappa shape index (κ2) is 24.4. The van der Waals surface area contributed by atoms with E-state index < -0.39 is 42.7 Å². The number of carbonyl (C=O) groups excluding carboxylic acids is 2. The lowest BCUT2D eigenvalue weighted by molar-refractivity contribution is -0.142. The SMILES string of the molecule is CCc1c(F)ccc2cc(O)cc(-c3ncc4c(N5CC6CCCC5CN6)nc(OC5CCOCC5)nc4c3OCc3ccc(-c4cn([C@H](C(=O)N5C[C@H](O)C[C@H]5C(=O)N[C@@H](CO)c5ccc(-c6ccncc6Cl)cc5)C(C)C)nn4)cc3)c12. The fraction of sp³-hybridized carbons (Fsp3) is 0.397. The van der Waals surface area contributed by atoms with Gasteiger partial charge in [-0.2, -0.15) is 9.97 Å². The maximum Gasteiger partial charge on any atom is 0.319 e. The summed E-state index contributed by atoms with van der Waals surface area (Å²) in [5, 5.41) is 50.6. The Balaban J connectivity index is 0.824. The Morgan fingerprint density at radius 1 is 0.952 bits per heavy atom. The van der Waals surface area contributed by atoms with Crippen molar-refractivity contribution < 1.29 is 43.5 Å². The number of piperazine rings is 1. The van der Waals surface area contributed by atoms with Crippen LogP contribution in [0.5, 0.6) is 17.5 Å². The summed E-state index contributed by atoms with van der Waals surface area (Å²) in [4.78, 5) is 51.9. The van der Waals surface area contributed by atoms with Gasteiger partial charge in [0.05, 0.1) is 48.6 Å². The molecule has 84 heavy (non-hydrogen) atoms. The van der Waals surface area contributed by atoms with Crippen molar-refractivity contribution in [1.29, 1.82) is 0 Å². The first-order valence-electron chi connectivity index (χ1n) is 29.0. The number of benzene rings is 4. The van der Waals surface area contributed by atoms with Crippen molar-refractivity contribution in [3.63, 3.8) is 0 Å². The first-order chi connectivity index (χ1) is 40.8. The number of aromatic nitrogens is 7. The summed E-state index contributed by atoms with van der Waals surface area (Å²) in [6, 6.07) is 21.0. The van der Waals surface area contributed by atoms with Gasteiger partial charge in [0.15, 0.2) is 5.75 Å². The Kier molecular flexibility index (Phi) is 16.4. The molecular weight excluding hydrogens is 1090 g/mol. The number of rotatable bonds is 17. The highest BCUT2D eigenvalue weighted by atomic mass is 35.5. The van der Waals surface area contributed by atoms with Crippen molar-refractivity contribution in [2.24, 2.45) is 5.92 Å². The van der Waals surface area contributed by atoms with Crippen molar-refractivity contribution in [3.05, 3.63) is 131 Å². The zero-order valence-electron chi connectivity index (χ0n) is 47.0. The number of phenolic OH excluding ortho intramolecular Hbond substituents is 1. The van der Waals surface area contributed by atoms with E-state index in [1.165, 1.54) is 15.6 Å². The summed E-state index contributed by atoms with van der Waals surface area (Å²) in [5.41, 5.74) is 6.06. The van der Waals surface area contributed by atoms with Gasteiger partial charge in [-0.15, -0.1) is 5.10 Å². The second-order valence-electron chi connectivity index (χ2n) is 22.6. The van der Waals surface area contributed by atoms with Gasteiger partial charge in [-0.3, -0.25) is 19.6 Å². The second-order valence-corrected chi connectivity index (χ2v) is 23.1. The number of nitrogens with zero attached hydrogens (tertiary/aromatic N) is 9. The largest absolute Gasteiger partial charge is 0.508 e. The number of amides is 2. The van der Waals surface area contributed by atoms with Gasteiger partial charge in [-0.1, -0.05) is 92.2 Å². The Morgan fingerprint density at radius 2 is 1.75 bits per heavy atom. The van der Waals surface area contributed by atoms with Crippen molar-refractivity contribution in [2.75, 3.05) is 44.4 Å². The highest BCUT2D eigenvalue weighted by molar-refractivity contribution is 6.33. The Bertz CT molecular complexity index is 3710. The molecule has 5 aliphatic rings. The first-order valence-corrected chi connectivity index (χ1v) is 29.3. The topological polar surface area (TPSA) is 235 Å². The summed E-state index contributed by atoms with van der Waals surface area (Å²) in [6.45, 7) is 7.93. The van der Waals surface area contributed by atoms with Crippen LogP contribution in [0.4, 0.5) is 10.2 Å². The molecule has 4 aromatic heterocycles. The number of β-amino-alcohol motifs (C(OH)–C–C–N with tert-alkyl or cyclic N) is 1. The molecule has 19 nitrogen and oxygen atoms in total. The van der Waals surface area contributed by atoms with Crippen LogP contribution in [-0.4, -0.2) is 137 Å². The number of ether oxygens (including phenoxy) is 3. The number of carbonyl (C=O) groups is 2. The average Bonchev–Trinajstić information content (AvgIpc) is 1.53. The van der Waals surface area contributed by atoms with E-state index in [1.807, 2.05) is 57.2 Å². The lowest BCUT2D eigenvalue weighted by Gasteiger charge is -2.39. The zero-order valence-corrected chi connectivity index (χ0v) is 47.8. The van der Waals surface area contributed by atoms with Gasteiger partial charge in [0, 0.05) is 86.3 Å². The van der Waals surface area contributed by atoms with Gasteiger partial charge in [0.1, 0.15) is 59.1 Å². The van der Waals surface area contributed by atoms with E-state index in [1.54, 1.807) is 61.2 Å².